The molecule has 0 amide bonds. The number of rotatable bonds is 7. The van der Waals surface area contributed by atoms with Gasteiger partial charge in [0.2, 0.25) is 10.0 Å². The van der Waals surface area contributed by atoms with Crippen molar-refractivity contribution in [2.24, 2.45) is 0 Å². The SMILES string of the molecule is COCC(Br)CCNS(=O)(=O)c1cccnc1. The number of sulfonamides is 1. The van der Waals surface area contributed by atoms with Crippen molar-refractivity contribution in [2.75, 3.05) is 20.3 Å². The molecule has 1 N–H and O–H groups in total. The van der Waals surface area contributed by atoms with Gasteiger partial charge in [0.15, 0.2) is 0 Å². The highest BCUT2D eigenvalue weighted by atomic mass is 79.9. The van der Waals surface area contributed by atoms with Gasteiger partial charge in [-0.25, -0.2) is 13.1 Å². The van der Waals surface area contributed by atoms with Crippen LogP contribution in [-0.2, 0) is 14.8 Å². The molecule has 96 valence electrons. The third-order valence-corrected chi connectivity index (χ3v) is 4.21. The fourth-order valence-electron chi connectivity index (χ4n) is 1.20. The van der Waals surface area contributed by atoms with Crippen LogP contribution in [0.3, 0.4) is 0 Å². The molecule has 0 fully saturated rings. The van der Waals surface area contributed by atoms with Crippen molar-refractivity contribution < 1.29 is 13.2 Å². The Labute approximate surface area is 110 Å². The van der Waals surface area contributed by atoms with Gasteiger partial charge in [0.25, 0.3) is 0 Å². The van der Waals surface area contributed by atoms with Gasteiger partial charge in [-0.1, -0.05) is 15.9 Å². The van der Waals surface area contributed by atoms with Crippen molar-refractivity contribution in [1.29, 1.82) is 0 Å². The Bertz CT molecular complexity index is 424. The van der Waals surface area contributed by atoms with E-state index >= 15 is 0 Å². The fraction of sp³-hybridized carbons (Fsp3) is 0.500. The zero-order valence-electron chi connectivity index (χ0n) is 9.47. The van der Waals surface area contributed by atoms with Gasteiger partial charge in [-0.15, -0.1) is 0 Å². The molecule has 7 heteroatoms. The van der Waals surface area contributed by atoms with Gasteiger partial charge >= 0.3 is 0 Å². The van der Waals surface area contributed by atoms with Crippen LogP contribution in [0.15, 0.2) is 29.4 Å². The van der Waals surface area contributed by atoms with Gasteiger partial charge in [-0.3, -0.25) is 4.98 Å². The van der Waals surface area contributed by atoms with Crippen molar-refractivity contribution in [3.63, 3.8) is 0 Å². The Morgan fingerprint density at radius 2 is 2.35 bits per heavy atom. The first-order valence-electron chi connectivity index (χ1n) is 5.09. The maximum absolute atomic E-state index is 11.8. The van der Waals surface area contributed by atoms with Gasteiger partial charge < -0.3 is 4.74 Å². The lowest BCUT2D eigenvalue weighted by atomic mass is 10.3. The molecule has 1 aromatic rings. The van der Waals surface area contributed by atoms with Crippen molar-refractivity contribution in [3.05, 3.63) is 24.5 Å². The lowest BCUT2D eigenvalue weighted by Crippen LogP contribution is -2.27. The second-order valence-corrected chi connectivity index (χ2v) is 6.49. The maximum Gasteiger partial charge on any atom is 0.242 e. The van der Waals surface area contributed by atoms with Crippen LogP contribution in [0.1, 0.15) is 6.42 Å². The van der Waals surface area contributed by atoms with Gasteiger partial charge in [0.05, 0.1) is 6.61 Å². The summed E-state index contributed by atoms with van der Waals surface area (Å²) in [4.78, 5) is 4.10. The second kappa shape index (κ2) is 7.05. The number of nitrogens with zero attached hydrogens (tertiary/aromatic N) is 1. The standard InChI is InChI=1S/C10H15BrN2O3S/c1-16-8-9(11)4-6-13-17(14,15)10-3-2-5-12-7-10/h2-3,5,7,9,13H,4,6,8H2,1H3. The van der Waals surface area contributed by atoms with Gasteiger partial charge in [0, 0.05) is 30.9 Å². The highest BCUT2D eigenvalue weighted by molar-refractivity contribution is 9.09. The van der Waals surface area contributed by atoms with Crippen LogP contribution in [0.25, 0.3) is 0 Å². The molecule has 0 aliphatic carbocycles. The summed E-state index contributed by atoms with van der Waals surface area (Å²) in [5, 5.41) is 0. The largest absolute Gasteiger partial charge is 0.384 e. The van der Waals surface area contributed by atoms with Crippen LogP contribution >= 0.6 is 15.9 Å². The number of hydrogen-bond acceptors (Lipinski definition) is 4. The van der Waals surface area contributed by atoms with Crippen LogP contribution in [-0.4, -0.2) is 38.5 Å². The highest BCUT2D eigenvalue weighted by Gasteiger charge is 2.13. The first-order valence-corrected chi connectivity index (χ1v) is 7.49. The average Bonchev–Trinajstić information content (AvgIpc) is 2.30. The Morgan fingerprint density at radius 1 is 1.59 bits per heavy atom. The van der Waals surface area contributed by atoms with Crippen LogP contribution in [0.2, 0.25) is 0 Å². The third-order valence-electron chi connectivity index (χ3n) is 2.04. The summed E-state index contributed by atoms with van der Waals surface area (Å²) in [6, 6.07) is 3.10. The van der Waals surface area contributed by atoms with E-state index in [0.717, 1.165) is 0 Å². The Kier molecular flexibility index (Phi) is 6.04. The molecule has 1 rings (SSSR count). The number of nitrogens with one attached hydrogen (secondary N) is 1. The highest BCUT2D eigenvalue weighted by Crippen LogP contribution is 2.07. The van der Waals surface area contributed by atoms with E-state index in [-0.39, 0.29) is 9.72 Å². The fourth-order valence-corrected chi connectivity index (χ4v) is 2.71. The monoisotopic (exact) mass is 322 g/mol. The number of ether oxygens (including phenoxy) is 1. The van der Waals surface area contributed by atoms with Gasteiger partial charge in [-0.2, -0.15) is 0 Å². The van der Waals surface area contributed by atoms with Crippen LogP contribution in [0.4, 0.5) is 0 Å². The Morgan fingerprint density at radius 3 is 2.94 bits per heavy atom. The zero-order chi connectivity index (χ0) is 12.7. The predicted molar refractivity (Wildman–Crippen MR) is 68.6 cm³/mol. The summed E-state index contributed by atoms with van der Waals surface area (Å²) >= 11 is 3.39. The van der Waals surface area contributed by atoms with Crippen LogP contribution in [0.5, 0.6) is 0 Å². The zero-order valence-corrected chi connectivity index (χ0v) is 11.9. The molecule has 0 radical (unpaired) electrons. The first-order chi connectivity index (χ1) is 8.06. The molecule has 0 aliphatic rings. The van der Waals surface area contributed by atoms with Crippen molar-refractivity contribution >= 4 is 26.0 Å². The third kappa shape index (κ3) is 5.12. The Balaban J connectivity index is 2.46. The number of pyridine rings is 1. The lowest BCUT2D eigenvalue weighted by Gasteiger charge is -2.09. The van der Waals surface area contributed by atoms with Crippen molar-refractivity contribution in [3.8, 4) is 0 Å². The molecule has 0 spiro atoms. The van der Waals surface area contributed by atoms with E-state index in [9.17, 15) is 8.42 Å². The Hall–Kier alpha value is -0.500. The van der Waals surface area contributed by atoms with Crippen molar-refractivity contribution in [1.82, 2.24) is 9.71 Å². The minimum atomic E-state index is -3.45. The van der Waals surface area contributed by atoms with E-state index in [0.29, 0.717) is 19.6 Å². The maximum atomic E-state index is 11.8. The second-order valence-electron chi connectivity index (χ2n) is 3.43. The molecule has 0 saturated heterocycles. The average molecular weight is 323 g/mol. The number of hydrogen-bond donors (Lipinski definition) is 1. The number of alkyl halides is 1. The summed E-state index contributed by atoms with van der Waals surface area (Å²) in [5.41, 5.74) is 0. The minimum Gasteiger partial charge on any atom is -0.384 e. The summed E-state index contributed by atoms with van der Waals surface area (Å²) in [6.45, 7) is 0.908. The normalized spacial score (nSPS) is 13.5. The molecule has 0 bridgehead atoms. The van der Waals surface area contributed by atoms with E-state index in [2.05, 4.69) is 25.6 Å². The van der Waals surface area contributed by atoms with E-state index in [4.69, 9.17) is 4.74 Å². The predicted octanol–water partition coefficient (Wildman–Crippen LogP) is 1.16. The smallest absolute Gasteiger partial charge is 0.242 e. The molecular formula is C10H15BrN2O3S. The molecule has 0 saturated carbocycles. The molecule has 1 unspecified atom stereocenters. The molecule has 1 atom stereocenters. The first kappa shape index (κ1) is 14.6. The molecule has 1 heterocycles. The van der Waals surface area contributed by atoms with E-state index in [1.54, 1.807) is 13.2 Å². The molecule has 1 aromatic heterocycles. The summed E-state index contributed by atoms with van der Waals surface area (Å²) < 4.78 is 31.0. The van der Waals surface area contributed by atoms with E-state index in [1.165, 1.54) is 18.5 Å². The number of aromatic nitrogens is 1. The molecule has 5 nitrogen and oxygen atoms in total. The molecule has 0 aliphatic heterocycles. The topological polar surface area (TPSA) is 68.3 Å². The molecular weight excluding hydrogens is 308 g/mol. The van der Waals surface area contributed by atoms with E-state index < -0.39 is 10.0 Å². The lowest BCUT2D eigenvalue weighted by molar-refractivity contribution is 0.199. The van der Waals surface area contributed by atoms with E-state index in [1.807, 2.05) is 0 Å². The number of halogens is 1. The van der Waals surface area contributed by atoms with Crippen LogP contribution < -0.4 is 4.72 Å². The van der Waals surface area contributed by atoms with Crippen molar-refractivity contribution in [2.45, 2.75) is 16.1 Å². The molecule has 17 heavy (non-hydrogen) atoms. The van der Waals surface area contributed by atoms with Gasteiger partial charge in [-0.05, 0) is 18.6 Å². The molecule has 0 aromatic carbocycles. The van der Waals surface area contributed by atoms with Crippen LogP contribution in [0, 0.1) is 0 Å². The van der Waals surface area contributed by atoms with Gasteiger partial charge in [0.1, 0.15) is 4.90 Å². The summed E-state index contributed by atoms with van der Waals surface area (Å²) in [6.07, 6.45) is 3.52. The summed E-state index contributed by atoms with van der Waals surface area (Å²) in [5.74, 6) is 0. The quantitative estimate of drug-likeness (QED) is 0.765. The number of methoxy groups -OCH3 is 1. The summed E-state index contributed by atoms with van der Waals surface area (Å²) in [7, 11) is -1.84. The minimum absolute atomic E-state index is 0.143.